The Morgan fingerprint density at radius 1 is 0.913 bits per heavy atom. The van der Waals surface area contributed by atoms with Gasteiger partial charge in [-0.15, -0.1) is 0 Å². The number of hydrogen-bond donors (Lipinski definition) is 3. The molecule has 8 heteroatoms. The summed E-state index contributed by atoms with van der Waals surface area (Å²) in [7, 11) is 3.72. The molecule has 1 fully saturated rings. The van der Waals surface area contributed by atoms with Gasteiger partial charge in [-0.3, -0.25) is 9.69 Å². The molecular weight excluding hydrogens is 572 g/mol. The van der Waals surface area contributed by atoms with Crippen LogP contribution >= 0.6 is 0 Å². The second-order valence-electron chi connectivity index (χ2n) is 11.7. The van der Waals surface area contributed by atoms with E-state index in [-0.39, 0.29) is 5.91 Å². The maximum Gasteiger partial charge on any atom is 0.253 e. The van der Waals surface area contributed by atoms with E-state index in [9.17, 15) is 4.79 Å². The first-order valence-corrected chi connectivity index (χ1v) is 15.9. The Labute approximate surface area is 270 Å². The third-order valence-electron chi connectivity index (χ3n) is 8.52. The van der Waals surface area contributed by atoms with Gasteiger partial charge in [0.25, 0.3) is 5.91 Å². The molecule has 6 rings (SSSR count). The molecule has 2 atom stereocenters. The lowest BCUT2D eigenvalue weighted by Gasteiger charge is -2.16. The van der Waals surface area contributed by atoms with E-state index in [4.69, 9.17) is 4.74 Å². The summed E-state index contributed by atoms with van der Waals surface area (Å²) in [6.45, 7) is 1.72. The number of nitrogens with zero attached hydrogens (tertiary/aromatic N) is 3. The minimum Gasteiger partial charge on any atom is -0.367 e. The molecule has 1 amide bonds. The van der Waals surface area contributed by atoms with Crippen molar-refractivity contribution in [2.24, 2.45) is 0 Å². The highest BCUT2D eigenvalue weighted by molar-refractivity contribution is 5.82. The average molecular weight is 613 g/mol. The number of unbranched alkanes of at least 4 members (excludes halogenated alkanes) is 1. The van der Waals surface area contributed by atoms with Crippen LogP contribution in [0.1, 0.15) is 66.2 Å². The molecule has 0 aliphatic carbocycles. The van der Waals surface area contributed by atoms with Crippen LogP contribution in [0, 0.1) is 11.8 Å². The summed E-state index contributed by atoms with van der Waals surface area (Å²) in [6, 6.07) is 26.4. The zero-order chi connectivity index (χ0) is 31.7. The van der Waals surface area contributed by atoms with Crippen LogP contribution in [0.15, 0.2) is 91.3 Å². The summed E-state index contributed by atoms with van der Waals surface area (Å²) in [5, 5.41) is 2.98. The Hall–Kier alpha value is -4.97. The van der Waals surface area contributed by atoms with Crippen molar-refractivity contribution in [1.29, 1.82) is 0 Å². The van der Waals surface area contributed by atoms with E-state index < -0.39 is 6.10 Å². The van der Waals surface area contributed by atoms with Crippen molar-refractivity contribution in [1.82, 2.24) is 30.2 Å². The number of nitrogens with one attached hydrogen (secondary N) is 3. The Balaban J connectivity index is 0.963. The van der Waals surface area contributed by atoms with Crippen molar-refractivity contribution in [2.45, 2.75) is 44.2 Å². The predicted octanol–water partition coefficient (Wildman–Crippen LogP) is 6.46. The Morgan fingerprint density at radius 2 is 1.57 bits per heavy atom. The zero-order valence-electron chi connectivity index (χ0n) is 26.4. The van der Waals surface area contributed by atoms with Crippen LogP contribution in [0.2, 0.25) is 0 Å². The molecule has 3 aromatic carbocycles. The van der Waals surface area contributed by atoms with Crippen LogP contribution in [0.3, 0.4) is 0 Å². The van der Waals surface area contributed by atoms with Crippen LogP contribution in [-0.4, -0.2) is 58.0 Å². The van der Waals surface area contributed by atoms with E-state index in [1.54, 1.807) is 7.11 Å². The molecule has 1 aliphatic heterocycles. The summed E-state index contributed by atoms with van der Waals surface area (Å²) in [5.41, 5.74) is 6.96. The van der Waals surface area contributed by atoms with Crippen LogP contribution in [-0.2, 0) is 16.0 Å². The molecule has 8 nitrogen and oxygen atoms in total. The SMILES string of the molecule is COC(C(=O)NCCCCc1ncc(-c2ccc(C#Cc3ccc(-c4cnc(C5CCCN5C)[nH]4)cc3)cc2)[nH]1)c1ccccc1. The lowest BCUT2D eigenvalue weighted by molar-refractivity contribution is -0.131. The molecule has 1 aliphatic rings. The van der Waals surface area contributed by atoms with Gasteiger partial charge in [0.15, 0.2) is 6.10 Å². The van der Waals surface area contributed by atoms with Crippen LogP contribution in [0.25, 0.3) is 22.5 Å². The Morgan fingerprint density at radius 3 is 2.20 bits per heavy atom. The third kappa shape index (κ3) is 7.63. The van der Waals surface area contributed by atoms with Crippen molar-refractivity contribution < 1.29 is 9.53 Å². The second kappa shape index (κ2) is 14.9. The number of likely N-dealkylation sites (tertiary alicyclic amines) is 1. The summed E-state index contributed by atoms with van der Waals surface area (Å²) >= 11 is 0. The van der Waals surface area contributed by atoms with Gasteiger partial charge < -0.3 is 20.0 Å². The fourth-order valence-corrected chi connectivity index (χ4v) is 5.90. The summed E-state index contributed by atoms with van der Waals surface area (Å²) in [4.78, 5) is 31.1. The topological polar surface area (TPSA) is 98.9 Å². The molecular formula is C38H40N6O2. The van der Waals surface area contributed by atoms with Gasteiger partial charge in [-0.25, -0.2) is 9.97 Å². The van der Waals surface area contributed by atoms with Crippen LogP contribution < -0.4 is 5.32 Å². The maximum absolute atomic E-state index is 12.5. The lowest BCUT2D eigenvalue weighted by atomic mass is 10.1. The number of imidazole rings is 2. The van der Waals surface area contributed by atoms with Gasteiger partial charge in [0.1, 0.15) is 11.6 Å². The molecule has 3 heterocycles. The number of carbonyl (C=O) groups excluding carboxylic acids is 1. The normalized spacial score (nSPS) is 15.3. The molecule has 5 aromatic rings. The molecule has 3 N–H and O–H groups in total. The van der Waals surface area contributed by atoms with E-state index in [0.29, 0.717) is 12.6 Å². The number of H-pyrrole nitrogens is 2. The van der Waals surface area contributed by atoms with Gasteiger partial charge in [0, 0.05) is 31.2 Å². The highest BCUT2D eigenvalue weighted by Gasteiger charge is 2.25. The van der Waals surface area contributed by atoms with Crippen LogP contribution in [0.4, 0.5) is 0 Å². The van der Waals surface area contributed by atoms with E-state index in [2.05, 4.69) is 85.4 Å². The molecule has 0 spiro atoms. The Kier molecular flexibility index (Phi) is 10.0. The highest BCUT2D eigenvalue weighted by atomic mass is 16.5. The number of ether oxygens (including phenoxy) is 1. The molecule has 0 radical (unpaired) electrons. The summed E-state index contributed by atoms with van der Waals surface area (Å²) in [5.74, 6) is 8.42. The van der Waals surface area contributed by atoms with Gasteiger partial charge in [-0.05, 0) is 80.2 Å². The molecule has 0 bridgehead atoms. The summed E-state index contributed by atoms with van der Waals surface area (Å²) < 4.78 is 5.41. The fraction of sp³-hybridized carbons (Fsp3) is 0.289. The zero-order valence-corrected chi connectivity index (χ0v) is 26.4. The Bertz CT molecular complexity index is 1780. The number of carbonyl (C=O) groups is 1. The molecule has 234 valence electrons. The molecule has 2 unspecified atom stereocenters. The first-order chi connectivity index (χ1) is 22.6. The summed E-state index contributed by atoms with van der Waals surface area (Å²) in [6.07, 6.45) is 8.15. The second-order valence-corrected chi connectivity index (χ2v) is 11.7. The molecule has 2 aromatic heterocycles. The van der Waals surface area contributed by atoms with Crippen LogP contribution in [0.5, 0.6) is 0 Å². The van der Waals surface area contributed by atoms with Gasteiger partial charge in [-0.1, -0.05) is 66.4 Å². The van der Waals surface area contributed by atoms with Crippen molar-refractivity contribution in [2.75, 3.05) is 27.2 Å². The first kappa shape index (κ1) is 31.0. The number of amides is 1. The van der Waals surface area contributed by atoms with E-state index in [1.807, 2.05) is 54.9 Å². The monoisotopic (exact) mass is 612 g/mol. The average Bonchev–Trinajstić information content (AvgIpc) is 3.87. The number of aromatic amines is 2. The molecule has 46 heavy (non-hydrogen) atoms. The van der Waals surface area contributed by atoms with Crippen molar-refractivity contribution in [3.63, 3.8) is 0 Å². The highest BCUT2D eigenvalue weighted by Crippen LogP contribution is 2.30. The number of aromatic nitrogens is 4. The van der Waals surface area contributed by atoms with Crippen molar-refractivity contribution >= 4 is 5.91 Å². The van der Waals surface area contributed by atoms with Crippen molar-refractivity contribution in [3.05, 3.63) is 120 Å². The number of aryl methyl sites for hydroxylation is 1. The van der Waals surface area contributed by atoms with E-state index in [0.717, 1.165) is 83.1 Å². The molecule has 1 saturated heterocycles. The quantitative estimate of drug-likeness (QED) is 0.118. The van der Waals surface area contributed by atoms with Gasteiger partial charge in [0.05, 0.1) is 29.8 Å². The van der Waals surface area contributed by atoms with Gasteiger partial charge in [-0.2, -0.15) is 0 Å². The maximum atomic E-state index is 12.5. The van der Waals surface area contributed by atoms with E-state index in [1.165, 1.54) is 6.42 Å². The lowest BCUT2D eigenvalue weighted by Crippen LogP contribution is -2.31. The van der Waals surface area contributed by atoms with Gasteiger partial charge in [0.2, 0.25) is 0 Å². The number of hydrogen-bond acceptors (Lipinski definition) is 5. The van der Waals surface area contributed by atoms with Crippen molar-refractivity contribution in [3.8, 4) is 34.4 Å². The first-order valence-electron chi connectivity index (χ1n) is 15.9. The minimum absolute atomic E-state index is 0.119. The third-order valence-corrected chi connectivity index (χ3v) is 8.52. The van der Waals surface area contributed by atoms with Gasteiger partial charge >= 0.3 is 0 Å². The fourth-order valence-electron chi connectivity index (χ4n) is 5.90. The van der Waals surface area contributed by atoms with E-state index >= 15 is 0 Å². The molecule has 0 saturated carbocycles. The number of benzene rings is 3. The largest absolute Gasteiger partial charge is 0.367 e. The minimum atomic E-state index is -0.594. The smallest absolute Gasteiger partial charge is 0.253 e. The standard InChI is InChI=1S/C38H40N6O2/c1-44-24-8-11-34(44)37-41-26-33(43-37)30-21-17-28(18-22-30)14-13-27-15-19-29(20-16-27)32-25-40-35(42-32)12-6-7-23-39-38(45)36(46-2)31-9-4-3-5-10-31/h3-5,9-10,15-22,25-26,34,36H,6-8,11-12,23-24H2,1-2H3,(H,39,45)(H,40,42)(H,41,43). The number of rotatable bonds is 11. The number of methoxy groups -OCH3 is 1. The predicted molar refractivity (Wildman–Crippen MR) is 181 cm³/mol.